The van der Waals surface area contributed by atoms with Gasteiger partial charge in [-0.05, 0) is 63.1 Å². The Morgan fingerprint density at radius 1 is 1.31 bits per heavy atom. The summed E-state index contributed by atoms with van der Waals surface area (Å²) in [5.41, 5.74) is 2.65. The van der Waals surface area contributed by atoms with Crippen molar-refractivity contribution in [1.29, 1.82) is 0 Å². The SMILES string of the molecule is CCOc1cc(CNc2cccc(C(=O)O)c2C)cc(Cl)c1OC(C)C. The predicted octanol–water partition coefficient (Wildman–Crippen LogP) is 5.14. The topological polar surface area (TPSA) is 67.8 Å². The van der Waals surface area contributed by atoms with Gasteiger partial charge in [0.15, 0.2) is 11.5 Å². The van der Waals surface area contributed by atoms with Crippen LogP contribution in [0.2, 0.25) is 5.02 Å². The molecule has 2 aromatic rings. The van der Waals surface area contributed by atoms with Crippen LogP contribution in [0.25, 0.3) is 0 Å². The van der Waals surface area contributed by atoms with Gasteiger partial charge in [0.05, 0.1) is 23.3 Å². The highest BCUT2D eigenvalue weighted by Crippen LogP contribution is 2.37. The molecule has 0 heterocycles. The Bertz CT molecular complexity index is 790. The molecule has 140 valence electrons. The first kappa shape index (κ1) is 19.9. The van der Waals surface area contributed by atoms with E-state index in [0.717, 1.165) is 11.3 Å². The maximum atomic E-state index is 11.3. The quantitative estimate of drug-likeness (QED) is 0.666. The summed E-state index contributed by atoms with van der Waals surface area (Å²) < 4.78 is 11.4. The molecule has 0 spiro atoms. The van der Waals surface area contributed by atoms with Crippen molar-refractivity contribution >= 4 is 23.3 Å². The van der Waals surface area contributed by atoms with E-state index >= 15 is 0 Å². The van der Waals surface area contributed by atoms with E-state index in [-0.39, 0.29) is 11.7 Å². The second-order valence-electron chi connectivity index (χ2n) is 6.14. The third-order valence-electron chi connectivity index (χ3n) is 3.77. The smallest absolute Gasteiger partial charge is 0.336 e. The molecule has 6 heteroatoms. The van der Waals surface area contributed by atoms with Gasteiger partial charge in [-0.25, -0.2) is 4.79 Å². The van der Waals surface area contributed by atoms with Crippen molar-refractivity contribution < 1.29 is 19.4 Å². The molecule has 0 atom stereocenters. The van der Waals surface area contributed by atoms with Gasteiger partial charge in [0.2, 0.25) is 0 Å². The van der Waals surface area contributed by atoms with Crippen LogP contribution in [0.4, 0.5) is 5.69 Å². The van der Waals surface area contributed by atoms with Crippen molar-refractivity contribution in [3.8, 4) is 11.5 Å². The van der Waals surface area contributed by atoms with Crippen LogP contribution in [0, 0.1) is 6.92 Å². The minimum atomic E-state index is -0.942. The lowest BCUT2D eigenvalue weighted by Crippen LogP contribution is -2.09. The third-order valence-corrected chi connectivity index (χ3v) is 4.05. The van der Waals surface area contributed by atoms with E-state index in [2.05, 4.69) is 5.32 Å². The van der Waals surface area contributed by atoms with Crippen LogP contribution in [0.5, 0.6) is 11.5 Å². The summed E-state index contributed by atoms with van der Waals surface area (Å²) in [5, 5.41) is 13.0. The number of halogens is 1. The monoisotopic (exact) mass is 377 g/mol. The number of benzene rings is 2. The number of aromatic carboxylic acids is 1. The minimum absolute atomic E-state index is 0.0166. The van der Waals surface area contributed by atoms with E-state index in [1.54, 1.807) is 19.1 Å². The molecule has 2 rings (SSSR count). The third kappa shape index (κ3) is 4.82. The lowest BCUT2D eigenvalue weighted by atomic mass is 10.1. The van der Waals surface area contributed by atoms with E-state index in [4.69, 9.17) is 21.1 Å². The second kappa shape index (κ2) is 8.81. The largest absolute Gasteiger partial charge is 0.490 e. The van der Waals surface area contributed by atoms with Crippen LogP contribution in [0.15, 0.2) is 30.3 Å². The molecular weight excluding hydrogens is 354 g/mol. The number of carbonyl (C=O) groups is 1. The Morgan fingerprint density at radius 2 is 2.04 bits per heavy atom. The lowest BCUT2D eigenvalue weighted by Gasteiger charge is -2.18. The van der Waals surface area contributed by atoms with Gasteiger partial charge >= 0.3 is 5.97 Å². The second-order valence-corrected chi connectivity index (χ2v) is 6.55. The minimum Gasteiger partial charge on any atom is -0.490 e. The summed E-state index contributed by atoms with van der Waals surface area (Å²) in [6.07, 6.45) is -0.0166. The molecule has 2 aromatic carbocycles. The van der Waals surface area contributed by atoms with E-state index in [0.29, 0.717) is 35.2 Å². The lowest BCUT2D eigenvalue weighted by molar-refractivity contribution is 0.0696. The van der Waals surface area contributed by atoms with E-state index < -0.39 is 5.97 Å². The first-order valence-electron chi connectivity index (χ1n) is 8.52. The average molecular weight is 378 g/mol. The number of nitrogens with one attached hydrogen (secondary N) is 1. The van der Waals surface area contributed by atoms with Gasteiger partial charge in [0.25, 0.3) is 0 Å². The van der Waals surface area contributed by atoms with Crippen LogP contribution in [-0.4, -0.2) is 23.8 Å². The maximum absolute atomic E-state index is 11.3. The van der Waals surface area contributed by atoms with Gasteiger partial charge in [0, 0.05) is 12.2 Å². The molecule has 0 fully saturated rings. The van der Waals surface area contributed by atoms with Crippen molar-refractivity contribution in [2.45, 2.75) is 40.3 Å². The maximum Gasteiger partial charge on any atom is 0.336 e. The van der Waals surface area contributed by atoms with Gasteiger partial charge < -0.3 is 19.9 Å². The zero-order valence-electron chi connectivity index (χ0n) is 15.4. The number of hydrogen-bond acceptors (Lipinski definition) is 4. The fourth-order valence-electron chi connectivity index (χ4n) is 2.59. The number of rotatable bonds is 8. The highest BCUT2D eigenvalue weighted by molar-refractivity contribution is 6.32. The highest BCUT2D eigenvalue weighted by Gasteiger charge is 2.15. The summed E-state index contributed by atoms with van der Waals surface area (Å²) in [6, 6.07) is 8.87. The van der Waals surface area contributed by atoms with Crippen molar-refractivity contribution in [1.82, 2.24) is 0 Å². The highest BCUT2D eigenvalue weighted by atomic mass is 35.5. The standard InChI is InChI=1S/C20H24ClNO4/c1-5-25-18-10-14(9-16(21)19(18)26-12(2)3)11-22-17-8-6-7-15(13(17)4)20(23)24/h6-10,12,22H,5,11H2,1-4H3,(H,23,24). The molecule has 0 unspecified atom stereocenters. The molecule has 0 bridgehead atoms. The zero-order valence-corrected chi connectivity index (χ0v) is 16.2. The summed E-state index contributed by atoms with van der Waals surface area (Å²) in [5.74, 6) is 0.195. The average Bonchev–Trinajstić information content (AvgIpc) is 2.56. The molecule has 0 aliphatic heterocycles. The van der Waals surface area contributed by atoms with Crippen LogP contribution in [0.3, 0.4) is 0 Å². The molecule has 0 saturated heterocycles. The van der Waals surface area contributed by atoms with Crippen LogP contribution in [0.1, 0.15) is 42.3 Å². The Hall–Kier alpha value is -2.40. The fraction of sp³-hybridized carbons (Fsp3) is 0.350. The van der Waals surface area contributed by atoms with Gasteiger partial charge in [-0.1, -0.05) is 17.7 Å². The normalized spacial score (nSPS) is 10.7. The summed E-state index contributed by atoms with van der Waals surface area (Å²) >= 11 is 6.38. The zero-order chi connectivity index (χ0) is 19.3. The molecule has 0 aliphatic rings. The number of hydrogen-bond donors (Lipinski definition) is 2. The van der Waals surface area contributed by atoms with Crippen molar-refractivity contribution in [3.63, 3.8) is 0 Å². The Balaban J connectivity index is 2.25. The molecule has 0 aromatic heterocycles. The summed E-state index contributed by atoms with van der Waals surface area (Å²) in [6.45, 7) is 8.52. The van der Waals surface area contributed by atoms with Gasteiger partial charge in [-0.3, -0.25) is 0 Å². The van der Waals surface area contributed by atoms with Crippen LogP contribution in [-0.2, 0) is 6.54 Å². The van der Waals surface area contributed by atoms with Crippen LogP contribution >= 0.6 is 11.6 Å². The molecule has 0 amide bonds. The van der Waals surface area contributed by atoms with Crippen molar-refractivity contribution in [2.75, 3.05) is 11.9 Å². The summed E-state index contributed by atoms with van der Waals surface area (Å²) in [4.78, 5) is 11.3. The predicted molar refractivity (Wildman–Crippen MR) is 104 cm³/mol. The van der Waals surface area contributed by atoms with Crippen molar-refractivity contribution in [2.24, 2.45) is 0 Å². The molecule has 2 N–H and O–H groups in total. The van der Waals surface area contributed by atoms with Crippen molar-refractivity contribution in [3.05, 3.63) is 52.0 Å². The number of carboxylic acids is 1. The summed E-state index contributed by atoms with van der Waals surface area (Å²) in [7, 11) is 0. The Labute approximate surface area is 158 Å². The van der Waals surface area contributed by atoms with E-state index in [1.165, 1.54) is 0 Å². The number of carboxylic acid groups (broad SMARTS) is 1. The number of anilines is 1. The Kier molecular flexibility index (Phi) is 6.75. The molecule has 26 heavy (non-hydrogen) atoms. The van der Waals surface area contributed by atoms with E-state index in [1.807, 2.05) is 39.0 Å². The van der Waals surface area contributed by atoms with Gasteiger partial charge in [-0.2, -0.15) is 0 Å². The molecule has 0 aliphatic carbocycles. The fourth-order valence-corrected chi connectivity index (χ4v) is 2.87. The number of ether oxygens (including phenoxy) is 2. The first-order valence-corrected chi connectivity index (χ1v) is 8.89. The van der Waals surface area contributed by atoms with E-state index in [9.17, 15) is 9.90 Å². The Morgan fingerprint density at radius 3 is 2.65 bits per heavy atom. The molecular formula is C20H24ClNO4. The molecule has 0 saturated carbocycles. The molecule has 0 radical (unpaired) electrons. The first-order chi connectivity index (χ1) is 12.3. The van der Waals surface area contributed by atoms with Gasteiger partial charge in [-0.15, -0.1) is 0 Å². The van der Waals surface area contributed by atoms with Crippen LogP contribution < -0.4 is 14.8 Å². The van der Waals surface area contributed by atoms with Gasteiger partial charge in [0.1, 0.15) is 0 Å². The molecule has 5 nitrogen and oxygen atoms in total.